The molecule has 0 saturated heterocycles. The van der Waals surface area contributed by atoms with E-state index in [-0.39, 0.29) is 17.0 Å². The number of halogens is 2. The Morgan fingerprint density at radius 2 is 2.05 bits per heavy atom. The Kier molecular flexibility index (Phi) is 4.24. The quantitative estimate of drug-likeness (QED) is 0.898. The molecule has 2 N–H and O–H groups in total. The number of anilines is 1. The van der Waals surface area contributed by atoms with Crippen molar-refractivity contribution in [1.29, 1.82) is 0 Å². The number of rotatable bonds is 3. The highest BCUT2D eigenvalue weighted by Gasteiger charge is 2.14. The van der Waals surface area contributed by atoms with E-state index in [0.717, 1.165) is 0 Å². The van der Waals surface area contributed by atoms with Gasteiger partial charge in [-0.2, -0.15) is 0 Å². The van der Waals surface area contributed by atoms with Crippen LogP contribution in [0.5, 0.6) is 11.5 Å². The number of methoxy groups -OCH3 is 1. The molecule has 4 nitrogen and oxygen atoms in total. The van der Waals surface area contributed by atoms with Crippen LogP contribution in [0.3, 0.4) is 0 Å². The van der Waals surface area contributed by atoms with Crippen molar-refractivity contribution in [3.8, 4) is 11.5 Å². The number of benzene rings is 2. The molecule has 0 unspecified atom stereocenters. The Labute approximate surface area is 123 Å². The molecule has 0 fully saturated rings. The second-order valence-corrected chi connectivity index (χ2v) is 4.88. The summed E-state index contributed by atoms with van der Waals surface area (Å²) >= 11 is 3.19. The zero-order chi connectivity index (χ0) is 14.7. The third-order valence-electron chi connectivity index (χ3n) is 2.63. The van der Waals surface area contributed by atoms with E-state index in [2.05, 4.69) is 21.2 Å². The van der Waals surface area contributed by atoms with Gasteiger partial charge in [-0.15, -0.1) is 0 Å². The molecule has 0 aromatic heterocycles. The third kappa shape index (κ3) is 3.08. The average Bonchev–Trinajstić information content (AvgIpc) is 2.42. The molecule has 1 amide bonds. The minimum absolute atomic E-state index is 0.0274. The predicted octanol–water partition coefficient (Wildman–Crippen LogP) is 3.55. The summed E-state index contributed by atoms with van der Waals surface area (Å²) in [6.45, 7) is 0. The first-order chi connectivity index (χ1) is 9.51. The minimum Gasteiger partial charge on any atom is -0.507 e. The van der Waals surface area contributed by atoms with Crippen molar-refractivity contribution < 1.29 is 19.0 Å². The second-order valence-electron chi connectivity index (χ2n) is 3.96. The number of carbonyl (C=O) groups excluding carboxylic acids is 1. The molecule has 0 aliphatic carbocycles. The monoisotopic (exact) mass is 339 g/mol. The smallest absolute Gasteiger partial charge is 0.259 e. The van der Waals surface area contributed by atoms with E-state index >= 15 is 0 Å². The Morgan fingerprint density at radius 3 is 2.70 bits per heavy atom. The predicted molar refractivity (Wildman–Crippen MR) is 76.7 cm³/mol. The summed E-state index contributed by atoms with van der Waals surface area (Å²) in [7, 11) is 1.45. The van der Waals surface area contributed by atoms with Gasteiger partial charge in [0.1, 0.15) is 17.3 Å². The van der Waals surface area contributed by atoms with Crippen LogP contribution in [-0.2, 0) is 0 Å². The fourth-order valence-electron chi connectivity index (χ4n) is 1.61. The minimum atomic E-state index is -0.609. The van der Waals surface area contributed by atoms with Gasteiger partial charge in [0.15, 0.2) is 0 Å². The number of phenolic OH excluding ortho intramolecular Hbond substituents is 1. The molecule has 0 spiro atoms. The van der Waals surface area contributed by atoms with Gasteiger partial charge in [-0.3, -0.25) is 4.79 Å². The lowest BCUT2D eigenvalue weighted by Gasteiger charge is -2.09. The van der Waals surface area contributed by atoms with Gasteiger partial charge < -0.3 is 15.2 Å². The Hall–Kier alpha value is -2.08. The van der Waals surface area contributed by atoms with Crippen molar-refractivity contribution >= 4 is 27.5 Å². The number of phenols is 1. The van der Waals surface area contributed by atoms with Gasteiger partial charge in [-0.25, -0.2) is 4.39 Å². The van der Waals surface area contributed by atoms with E-state index in [1.54, 1.807) is 0 Å². The second kappa shape index (κ2) is 5.92. The van der Waals surface area contributed by atoms with Crippen LogP contribution in [0.2, 0.25) is 0 Å². The van der Waals surface area contributed by atoms with Crippen LogP contribution < -0.4 is 10.1 Å². The molecule has 0 aliphatic rings. The molecule has 0 aliphatic heterocycles. The molecule has 20 heavy (non-hydrogen) atoms. The molecule has 0 heterocycles. The molecule has 0 radical (unpaired) electrons. The molecule has 2 rings (SSSR count). The largest absolute Gasteiger partial charge is 0.507 e. The van der Waals surface area contributed by atoms with Gasteiger partial charge in [0.25, 0.3) is 5.91 Å². The van der Waals surface area contributed by atoms with Crippen molar-refractivity contribution in [1.82, 2.24) is 0 Å². The number of amides is 1. The molecule has 0 bridgehead atoms. The van der Waals surface area contributed by atoms with Crippen LogP contribution in [0.4, 0.5) is 10.1 Å². The highest BCUT2D eigenvalue weighted by Crippen LogP contribution is 2.25. The van der Waals surface area contributed by atoms with E-state index in [1.165, 1.54) is 43.5 Å². The highest BCUT2D eigenvalue weighted by molar-refractivity contribution is 9.10. The Balaban J connectivity index is 2.26. The van der Waals surface area contributed by atoms with Crippen LogP contribution in [0.15, 0.2) is 40.9 Å². The summed E-state index contributed by atoms with van der Waals surface area (Å²) in [5.74, 6) is -0.985. The maximum Gasteiger partial charge on any atom is 0.259 e. The van der Waals surface area contributed by atoms with E-state index in [0.29, 0.717) is 10.2 Å². The first-order valence-electron chi connectivity index (χ1n) is 5.64. The molecular formula is C14H11BrFNO3. The van der Waals surface area contributed by atoms with Crippen molar-refractivity contribution in [3.63, 3.8) is 0 Å². The fourth-order valence-corrected chi connectivity index (χ4v) is 1.97. The molecule has 0 saturated carbocycles. The fraction of sp³-hybridized carbons (Fsp3) is 0.0714. The van der Waals surface area contributed by atoms with E-state index < -0.39 is 11.7 Å². The highest BCUT2D eigenvalue weighted by atomic mass is 79.9. The Bertz CT molecular complexity index is 661. The van der Waals surface area contributed by atoms with Crippen LogP contribution in [0.1, 0.15) is 10.4 Å². The van der Waals surface area contributed by atoms with Crippen molar-refractivity contribution in [2.24, 2.45) is 0 Å². The SMILES string of the molecule is COc1ccc(C(=O)Nc2cc(Br)ccc2F)c(O)c1. The first-order valence-corrected chi connectivity index (χ1v) is 6.44. The average molecular weight is 340 g/mol. The van der Waals surface area contributed by atoms with Crippen molar-refractivity contribution in [3.05, 3.63) is 52.3 Å². The van der Waals surface area contributed by atoms with Gasteiger partial charge in [0, 0.05) is 10.5 Å². The topological polar surface area (TPSA) is 58.6 Å². The summed E-state index contributed by atoms with van der Waals surface area (Å²) in [5.41, 5.74) is 0.0600. The zero-order valence-electron chi connectivity index (χ0n) is 10.5. The number of aromatic hydroxyl groups is 1. The summed E-state index contributed by atoms with van der Waals surface area (Å²) in [5, 5.41) is 12.2. The van der Waals surface area contributed by atoms with Gasteiger partial charge in [0.2, 0.25) is 0 Å². The van der Waals surface area contributed by atoms with Crippen LogP contribution in [0.25, 0.3) is 0 Å². The van der Waals surface area contributed by atoms with E-state index in [9.17, 15) is 14.3 Å². The van der Waals surface area contributed by atoms with Crippen LogP contribution in [0, 0.1) is 5.82 Å². The molecule has 2 aromatic rings. The van der Waals surface area contributed by atoms with Gasteiger partial charge in [-0.1, -0.05) is 15.9 Å². The number of nitrogens with one attached hydrogen (secondary N) is 1. The molecule has 104 valence electrons. The third-order valence-corrected chi connectivity index (χ3v) is 3.12. The standard InChI is InChI=1S/C14H11BrFNO3/c1-20-9-3-4-10(13(18)7-9)14(19)17-12-6-8(15)2-5-11(12)16/h2-7,18H,1H3,(H,17,19). The lowest BCUT2D eigenvalue weighted by Crippen LogP contribution is -2.13. The normalized spacial score (nSPS) is 10.2. The Morgan fingerprint density at radius 1 is 1.30 bits per heavy atom. The number of hydrogen-bond acceptors (Lipinski definition) is 3. The van der Waals surface area contributed by atoms with Gasteiger partial charge >= 0.3 is 0 Å². The molecule has 2 aromatic carbocycles. The molecule has 0 atom stereocenters. The lowest BCUT2D eigenvalue weighted by atomic mass is 10.1. The molecule has 6 heteroatoms. The maximum absolute atomic E-state index is 13.5. The summed E-state index contributed by atoms with van der Waals surface area (Å²) in [6.07, 6.45) is 0. The van der Waals surface area contributed by atoms with Crippen LogP contribution >= 0.6 is 15.9 Å². The van der Waals surface area contributed by atoms with E-state index in [4.69, 9.17) is 4.74 Å². The summed E-state index contributed by atoms with van der Waals surface area (Å²) < 4.78 is 19.1. The molecular weight excluding hydrogens is 329 g/mol. The lowest BCUT2D eigenvalue weighted by molar-refractivity contribution is 0.102. The summed E-state index contributed by atoms with van der Waals surface area (Å²) in [4.78, 5) is 12.0. The van der Waals surface area contributed by atoms with Gasteiger partial charge in [0.05, 0.1) is 18.4 Å². The van der Waals surface area contributed by atoms with Gasteiger partial charge in [-0.05, 0) is 30.3 Å². The van der Waals surface area contributed by atoms with E-state index in [1.807, 2.05) is 0 Å². The first kappa shape index (κ1) is 14.3. The zero-order valence-corrected chi connectivity index (χ0v) is 12.1. The number of hydrogen-bond donors (Lipinski definition) is 2. The van der Waals surface area contributed by atoms with Crippen molar-refractivity contribution in [2.45, 2.75) is 0 Å². The van der Waals surface area contributed by atoms with Crippen LogP contribution in [-0.4, -0.2) is 18.1 Å². The van der Waals surface area contributed by atoms with Crippen molar-refractivity contribution in [2.75, 3.05) is 12.4 Å². The number of carbonyl (C=O) groups is 1. The number of ether oxygens (including phenoxy) is 1. The maximum atomic E-state index is 13.5. The summed E-state index contributed by atoms with van der Waals surface area (Å²) in [6, 6.07) is 8.44.